The minimum atomic E-state index is -1.07. The third-order valence-corrected chi connectivity index (χ3v) is 6.50. The molecule has 0 unspecified atom stereocenters. The molecule has 0 saturated carbocycles. The Morgan fingerprint density at radius 1 is 0.743 bits per heavy atom. The second-order valence-corrected chi connectivity index (χ2v) is 9.93. The molecular weight excluding hydrogens is 432 g/mol. The summed E-state index contributed by atoms with van der Waals surface area (Å²) in [5.74, 6) is 6.70. The lowest BCUT2D eigenvalue weighted by molar-refractivity contribution is -0.130. The van der Waals surface area contributed by atoms with Crippen LogP contribution in [0.4, 0.5) is 0 Å². The van der Waals surface area contributed by atoms with E-state index in [2.05, 4.69) is 24.7 Å². The SMILES string of the molecule is C#C[C@H](O)/C=C/CCCCCCCC[C@H](C)CCCCCCCCCCCC/C=C\C#CC(=O)O. The largest absolute Gasteiger partial charge is 0.472 e. The zero-order chi connectivity index (χ0) is 25.8. The highest BCUT2D eigenvalue weighted by atomic mass is 16.4. The Kier molecular flexibility index (Phi) is 25.1. The molecule has 2 N–H and O–H groups in total. The smallest absolute Gasteiger partial charge is 0.382 e. The van der Waals surface area contributed by atoms with Crippen molar-refractivity contribution in [1.29, 1.82) is 0 Å². The number of terminal acetylenes is 1. The summed E-state index contributed by atoms with van der Waals surface area (Å²) >= 11 is 0. The topological polar surface area (TPSA) is 57.5 Å². The third kappa shape index (κ3) is 28.2. The average molecular weight is 485 g/mol. The maximum Gasteiger partial charge on any atom is 0.382 e. The number of carboxylic acid groups (broad SMARTS) is 1. The molecule has 3 heteroatoms. The summed E-state index contributed by atoms with van der Waals surface area (Å²) in [6.45, 7) is 2.43. The summed E-state index contributed by atoms with van der Waals surface area (Å²) in [4.78, 5) is 10.2. The van der Waals surface area contributed by atoms with Crippen LogP contribution < -0.4 is 0 Å². The normalized spacial score (nSPS) is 12.9. The van der Waals surface area contributed by atoms with Gasteiger partial charge in [0.05, 0.1) is 0 Å². The van der Waals surface area contributed by atoms with E-state index < -0.39 is 12.1 Å². The van der Waals surface area contributed by atoms with Crippen molar-refractivity contribution in [2.24, 2.45) is 5.92 Å². The Balaban J connectivity index is 3.28. The summed E-state index contributed by atoms with van der Waals surface area (Å²) in [6.07, 6.45) is 37.8. The molecule has 0 aliphatic carbocycles. The minimum absolute atomic E-state index is 0.722. The fourth-order valence-corrected chi connectivity index (χ4v) is 4.30. The van der Waals surface area contributed by atoms with E-state index >= 15 is 0 Å². The van der Waals surface area contributed by atoms with Crippen LogP contribution in [0.5, 0.6) is 0 Å². The van der Waals surface area contributed by atoms with Crippen molar-refractivity contribution in [3.8, 4) is 24.2 Å². The molecule has 198 valence electrons. The van der Waals surface area contributed by atoms with E-state index in [4.69, 9.17) is 11.5 Å². The molecule has 0 aliphatic heterocycles. The first-order chi connectivity index (χ1) is 17.1. The molecule has 0 aromatic rings. The highest BCUT2D eigenvalue weighted by molar-refractivity contribution is 5.86. The van der Waals surface area contributed by atoms with Crippen molar-refractivity contribution in [2.45, 2.75) is 141 Å². The van der Waals surface area contributed by atoms with Crippen molar-refractivity contribution >= 4 is 5.97 Å². The second-order valence-electron chi connectivity index (χ2n) is 9.93. The zero-order valence-corrected chi connectivity index (χ0v) is 22.5. The molecule has 0 amide bonds. The number of aliphatic carboxylic acids is 1. The highest BCUT2D eigenvalue weighted by Crippen LogP contribution is 2.19. The maximum atomic E-state index is 10.2. The predicted molar refractivity (Wildman–Crippen MR) is 150 cm³/mol. The number of hydrogen-bond donors (Lipinski definition) is 2. The van der Waals surface area contributed by atoms with Crippen molar-refractivity contribution < 1.29 is 15.0 Å². The van der Waals surface area contributed by atoms with E-state index in [-0.39, 0.29) is 0 Å². The van der Waals surface area contributed by atoms with Gasteiger partial charge < -0.3 is 10.2 Å². The van der Waals surface area contributed by atoms with Gasteiger partial charge in [-0.05, 0) is 43.8 Å². The number of aliphatic hydroxyl groups is 1. The number of rotatable bonds is 23. The molecule has 0 aromatic heterocycles. The van der Waals surface area contributed by atoms with E-state index in [9.17, 15) is 9.90 Å². The number of unbranched alkanes of at least 4 members (excludes halogenated alkanes) is 16. The van der Waals surface area contributed by atoms with E-state index in [1.807, 2.05) is 12.2 Å². The molecule has 0 heterocycles. The van der Waals surface area contributed by atoms with Crippen LogP contribution in [0.2, 0.25) is 0 Å². The number of carboxylic acids is 1. The van der Waals surface area contributed by atoms with Crippen LogP contribution >= 0.6 is 0 Å². The molecule has 0 spiro atoms. The zero-order valence-electron chi connectivity index (χ0n) is 22.5. The predicted octanol–water partition coefficient (Wildman–Crippen LogP) is 8.62. The molecule has 0 aromatic carbocycles. The summed E-state index contributed by atoms with van der Waals surface area (Å²) in [5, 5.41) is 17.6. The number of carbonyl (C=O) groups is 1. The van der Waals surface area contributed by atoms with Gasteiger partial charge in [0.15, 0.2) is 0 Å². The lowest BCUT2D eigenvalue weighted by Crippen LogP contribution is -1.95. The van der Waals surface area contributed by atoms with Crippen LogP contribution in [0, 0.1) is 30.1 Å². The van der Waals surface area contributed by atoms with E-state index in [1.54, 1.807) is 12.2 Å². The minimum Gasteiger partial charge on any atom is -0.472 e. The molecule has 0 bridgehead atoms. The molecule has 0 aliphatic rings. The second kappa shape index (κ2) is 26.6. The molecule has 0 saturated heterocycles. The van der Waals surface area contributed by atoms with Crippen molar-refractivity contribution in [2.75, 3.05) is 0 Å². The third-order valence-electron chi connectivity index (χ3n) is 6.50. The Hall–Kier alpha value is -1.97. The molecular formula is C32H52O3. The van der Waals surface area contributed by atoms with Crippen LogP contribution in [0.1, 0.15) is 135 Å². The van der Waals surface area contributed by atoms with E-state index in [0.29, 0.717) is 0 Å². The molecule has 0 fully saturated rings. The van der Waals surface area contributed by atoms with Gasteiger partial charge in [0.2, 0.25) is 0 Å². The van der Waals surface area contributed by atoms with Gasteiger partial charge in [-0.25, -0.2) is 4.79 Å². The van der Waals surface area contributed by atoms with E-state index in [0.717, 1.165) is 18.8 Å². The summed E-state index contributed by atoms with van der Waals surface area (Å²) in [7, 11) is 0. The summed E-state index contributed by atoms with van der Waals surface area (Å²) in [5.41, 5.74) is 0. The first-order valence-corrected chi connectivity index (χ1v) is 14.3. The van der Waals surface area contributed by atoms with Crippen molar-refractivity contribution in [3.63, 3.8) is 0 Å². The highest BCUT2D eigenvalue weighted by Gasteiger charge is 2.02. The van der Waals surface area contributed by atoms with E-state index in [1.165, 1.54) is 116 Å². The summed E-state index contributed by atoms with van der Waals surface area (Å²) in [6, 6.07) is 0. The standard InChI is InChI=1S/C32H52O3/c1-3-31(33)28-24-20-16-13-12-15-19-23-27-30(2)26-22-18-14-10-8-6-4-5-7-9-11-17-21-25-29-32(34)35/h1,17,21,24,28,30-31,33H,4-16,18-20,22-23,26-27H2,2H3,(H,34,35)/b21-17-,28-24+/t30-,31+/m1/s1. The Morgan fingerprint density at radius 2 is 1.17 bits per heavy atom. The maximum absolute atomic E-state index is 10.2. The van der Waals surface area contributed by atoms with Gasteiger partial charge in [-0.1, -0.05) is 134 Å². The van der Waals surface area contributed by atoms with Crippen molar-refractivity contribution in [3.05, 3.63) is 24.3 Å². The van der Waals surface area contributed by atoms with Crippen LogP contribution in [-0.2, 0) is 4.79 Å². The molecule has 35 heavy (non-hydrogen) atoms. The van der Waals surface area contributed by atoms with Gasteiger partial charge in [-0.2, -0.15) is 0 Å². The van der Waals surface area contributed by atoms with Gasteiger partial charge >= 0.3 is 5.97 Å². The number of aliphatic hydroxyl groups excluding tert-OH is 1. The number of allylic oxidation sites excluding steroid dienone is 3. The fourth-order valence-electron chi connectivity index (χ4n) is 4.30. The first-order valence-electron chi connectivity index (χ1n) is 14.3. The van der Waals surface area contributed by atoms with Gasteiger partial charge in [-0.3, -0.25) is 0 Å². The quantitative estimate of drug-likeness (QED) is 0.0867. The van der Waals surface area contributed by atoms with Crippen LogP contribution in [0.3, 0.4) is 0 Å². The Labute approximate surface area is 216 Å². The monoisotopic (exact) mass is 484 g/mol. The van der Waals surface area contributed by atoms with Gasteiger partial charge in [0, 0.05) is 5.92 Å². The van der Waals surface area contributed by atoms with Crippen LogP contribution in [0.15, 0.2) is 24.3 Å². The van der Waals surface area contributed by atoms with Crippen LogP contribution in [-0.4, -0.2) is 22.3 Å². The Bertz CT molecular complexity index is 644. The lowest BCUT2D eigenvalue weighted by atomic mass is 9.95. The van der Waals surface area contributed by atoms with Gasteiger partial charge in [0.1, 0.15) is 6.10 Å². The van der Waals surface area contributed by atoms with Crippen molar-refractivity contribution in [1.82, 2.24) is 0 Å². The molecule has 0 rings (SSSR count). The van der Waals surface area contributed by atoms with Crippen LogP contribution in [0.25, 0.3) is 0 Å². The first kappa shape index (κ1) is 33.0. The Morgan fingerprint density at radius 3 is 1.63 bits per heavy atom. The summed E-state index contributed by atoms with van der Waals surface area (Å²) < 4.78 is 0. The molecule has 0 radical (unpaired) electrons. The molecule has 2 atom stereocenters. The van der Waals surface area contributed by atoms with Gasteiger partial charge in [0.25, 0.3) is 0 Å². The fraction of sp³-hybridized carbons (Fsp3) is 0.719. The van der Waals surface area contributed by atoms with Gasteiger partial charge in [-0.15, -0.1) is 6.42 Å². The number of hydrogen-bond acceptors (Lipinski definition) is 2. The average Bonchev–Trinajstić information content (AvgIpc) is 2.84. The molecule has 3 nitrogen and oxygen atoms in total. The lowest BCUT2D eigenvalue weighted by Gasteiger charge is -2.11.